The van der Waals surface area contributed by atoms with E-state index in [0.717, 1.165) is 24.3 Å². The summed E-state index contributed by atoms with van der Waals surface area (Å²) in [6.07, 6.45) is 9.28. The summed E-state index contributed by atoms with van der Waals surface area (Å²) in [6, 6.07) is 0. The van der Waals surface area contributed by atoms with Crippen molar-refractivity contribution in [2.75, 3.05) is 13.1 Å². The molecule has 0 atom stereocenters. The fourth-order valence-corrected chi connectivity index (χ4v) is 4.84. The first-order chi connectivity index (χ1) is 6.80. The van der Waals surface area contributed by atoms with Crippen molar-refractivity contribution in [2.45, 2.75) is 44.1 Å². The molecule has 4 bridgehead atoms. The molecule has 2 heteroatoms. The molecule has 80 valence electrons. The van der Waals surface area contributed by atoms with Crippen LogP contribution in [0.25, 0.3) is 0 Å². The molecule has 4 rings (SSSR count). The van der Waals surface area contributed by atoms with Crippen LogP contribution in [0.3, 0.4) is 0 Å². The second kappa shape index (κ2) is 3.21. The van der Waals surface area contributed by atoms with Gasteiger partial charge in [-0.25, -0.2) is 0 Å². The van der Waals surface area contributed by atoms with Gasteiger partial charge in [0.1, 0.15) is 13.1 Å². The number of hydrogen-bond acceptors (Lipinski definition) is 0. The van der Waals surface area contributed by atoms with Crippen molar-refractivity contribution < 1.29 is 11.1 Å². The number of rotatable bonds is 3. The Hall–Kier alpha value is -0.0800. The molecule has 4 aliphatic carbocycles. The molecule has 0 unspecified atom stereocenters. The van der Waals surface area contributed by atoms with Gasteiger partial charge in [-0.15, -0.1) is 0 Å². The van der Waals surface area contributed by atoms with Crippen LogP contribution in [-0.4, -0.2) is 18.6 Å². The van der Waals surface area contributed by atoms with Gasteiger partial charge < -0.3 is 11.1 Å². The van der Waals surface area contributed by atoms with Crippen molar-refractivity contribution in [3.8, 4) is 0 Å². The summed E-state index contributed by atoms with van der Waals surface area (Å²) in [5, 5.41) is 2.66. The fraction of sp³-hybridized carbons (Fsp3) is 1.00. The van der Waals surface area contributed by atoms with Crippen molar-refractivity contribution in [2.24, 2.45) is 17.8 Å². The molecular formula is C12H24N2+2. The monoisotopic (exact) mass is 196 g/mol. The van der Waals surface area contributed by atoms with Crippen LogP contribution in [0.1, 0.15) is 38.5 Å². The van der Waals surface area contributed by atoms with Crippen LogP contribution in [0, 0.1) is 17.8 Å². The van der Waals surface area contributed by atoms with Gasteiger partial charge in [0.15, 0.2) is 0 Å². The van der Waals surface area contributed by atoms with E-state index in [1.165, 1.54) is 25.8 Å². The van der Waals surface area contributed by atoms with E-state index in [1.54, 1.807) is 19.3 Å². The number of nitrogens with two attached hydrogens (primary N) is 1. The summed E-state index contributed by atoms with van der Waals surface area (Å²) < 4.78 is 0. The molecule has 2 nitrogen and oxygen atoms in total. The molecule has 0 aromatic rings. The highest BCUT2D eigenvalue weighted by Gasteiger charge is 2.53. The average Bonchev–Trinajstić information content (AvgIpc) is 2.12. The van der Waals surface area contributed by atoms with E-state index < -0.39 is 0 Å². The molecule has 0 amide bonds. The van der Waals surface area contributed by atoms with E-state index in [2.05, 4.69) is 11.1 Å². The van der Waals surface area contributed by atoms with Crippen LogP contribution in [0.2, 0.25) is 0 Å². The van der Waals surface area contributed by atoms with Crippen LogP contribution in [0.5, 0.6) is 0 Å². The summed E-state index contributed by atoms with van der Waals surface area (Å²) in [4.78, 5) is 0. The van der Waals surface area contributed by atoms with Gasteiger partial charge in [0.25, 0.3) is 0 Å². The zero-order chi connectivity index (χ0) is 9.60. The minimum atomic E-state index is 0.687. The second-order valence-electron chi connectivity index (χ2n) is 6.13. The molecule has 0 aromatic carbocycles. The van der Waals surface area contributed by atoms with Gasteiger partial charge in [-0.05, 0) is 37.0 Å². The number of quaternary nitrogens is 2. The lowest BCUT2D eigenvalue weighted by atomic mass is 9.53. The van der Waals surface area contributed by atoms with E-state index in [4.69, 9.17) is 0 Å². The standard InChI is InChI=1S/C12H22N2/c13-1-2-14-12-6-9-3-10(7-12)5-11(4-9)8-12/h9-11,14H,1-8,13H2/p+2. The topological polar surface area (TPSA) is 44.2 Å². The lowest BCUT2D eigenvalue weighted by molar-refractivity contribution is -0.748. The molecular weight excluding hydrogens is 172 g/mol. The van der Waals surface area contributed by atoms with E-state index in [9.17, 15) is 0 Å². The minimum Gasteiger partial charge on any atom is -0.353 e. The maximum Gasteiger partial charge on any atom is 0.126 e. The molecule has 0 saturated heterocycles. The number of hydrogen-bond donors (Lipinski definition) is 2. The third kappa shape index (κ3) is 1.40. The van der Waals surface area contributed by atoms with Gasteiger partial charge >= 0.3 is 0 Å². The van der Waals surface area contributed by atoms with E-state index >= 15 is 0 Å². The Morgan fingerprint density at radius 1 is 1.00 bits per heavy atom. The summed E-state index contributed by atoms with van der Waals surface area (Å²) in [6.45, 7) is 2.36. The smallest absolute Gasteiger partial charge is 0.126 e. The average molecular weight is 196 g/mol. The SMILES string of the molecule is [NH3+]CC[NH2+]C12CC3CC(CC(C3)C1)C2. The van der Waals surface area contributed by atoms with E-state index in [-0.39, 0.29) is 0 Å². The van der Waals surface area contributed by atoms with Crippen molar-refractivity contribution >= 4 is 0 Å². The fourth-order valence-electron chi connectivity index (χ4n) is 4.84. The summed E-state index contributed by atoms with van der Waals surface area (Å²) >= 11 is 0. The first-order valence-electron chi connectivity index (χ1n) is 6.43. The van der Waals surface area contributed by atoms with Gasteiger partial charge in [-0.2, -0.15) is 0 Å². The van der Waals surface area contributed by atoms with Gasteiger partial charge in [-0.1, -0.05) is 0 Å². The quantitative estimate of drug-likeness (QED) is 0.626. The highest BCUT2D eigenvalue weighted by Crippen LogP contribution is 2.54. The van der Waals surface area contributed by atoms with Gasteiger partial charge in [0.05, 0.1) is 5.54 Å². The predicted octanol–water partition coefficient (Wildman–Crippen LogP) is -0.239. The molecule has 0 heterocycles. The van der Waals surface area contributed by atoms with Crippen LogP contribution in [-0.2, 0) is 0 Å². The maximum absolute atomic E-state index is 3.97. The van der Waals surface area contributed by atoms with Crippen LogP contribution < -0.4 is 11.1 Å². The van der Waals surface area contributed by atoms with Crippen molar-refractivity contribution in [3.63, 3.8) is 0 Å². The third-order valence-electron chi connectivity index (χ3n) is 4.87. The molecule has 5 N–H and O–H groups in total. The van der Waals surface area contributed by atoms with Gasteiger partial charge in [0, 0.05) is 19.3 Å². The van der Waals surface area contributed by atoms with Crippen LogP contribution in [0.4, 0.5) is 0 Å². The molecule has 4 fully saturated rings. The van der Waals surface area contributed by atoms with Crippen molar-refractivity contribution in [3.05, 3.63) is 0 Å². The molecule has 0 radical (unpaired) electrons. The van der Waals surface area contributed by atoms with E-state index in [0.29, 0.717) is 5.54 Å². The zero-order valence-electron chi connectivity index (χ0n) is 9.17. The molecule has 4 aliphatic rings. The largest absolute Gasteiger partial charge is 0.353 e. The Kier molecular flexibility index (Phi) is 2.10. The maximum atomic E-state index is 3.97. The summed E-state index contributed by atoms with van der Waals surface area (Å²) in [5.41, 5.74) is 4.66. The van der Waals surface area contributed by atoms with Crippen LogP contribution in [0.15, 0.2) is 0 Å². The van der Waals surface area contributed by atoms with Crippen molar-refractivity contribution in [1.82, 2.24) is 0 Å². The third-order valence-corrected chi connectivity index (χ3v) is 4.87. The summed E-state index contributed by atoms with van der Waals surface area (Å²) in [7, 11) is 0. The first-order valence-corrected chi connectivity index (χ1v) is 6.43. The predicted molar refractivity (Wildman–Crippen MR) is 55.5 cm³/mol. The highest BCUT2D eigenvalue weighted by atomic mass is 15.0. The Labute approximate surface area is 86.6 Å². The highest BCUT2D eigenvalue weighted by molar-refractivity contribution is 5.01. The van der Waals surface area contributed by atoms with Crippen LogP contribution >= 0.6 is 0 Å². The molecule has 0 aromatic heterocycles. The molecule has 4 saturated carbocycles. The Bertz CT molecular complexity index is 189. The van der Waals surface area contributed by atoms with E-state index in [1.807, 2.05) is 0 Å². The zero-order valence-corrected chi connectivity index (χ0v) is 9.17. The Morgan fingerprint density at radius 3 is 1.93 bits per heavy atom. The Morgan fingerprint density at radius 2 is 1.50 bits per heavy atom. The minimum absolute atomic E-state index is 0.687. The first kappa shape index (κ1) is 9.17. The normalized spacial score (nSPS) is 49.9. The lowest BCUT2D eigenvalue weighted by Crippen LogP contribution is -3.00. The molecule has 0 aliphatic heterocycles. The molecule has 0 spiro atoms. The summed E-state index contributed by atoms with van der Waals surface area (Å²) in [5.74, 6) is 3.30. The lowest BCUT2D eigenvalue weighted by Gasteiger charge is -2.54. The second-order valence-corrected chi connectivity index (χ2v) is 6.13. The van der Waals surface area contributed by atoms with Gasteiger partial charge in [0.2, 0.25) is 0 Å². The Balaban J connectivity index is 1.74. The van der Waals surface area contributed by atoms with Crippen molar-refractivity contribution in [1.29, 1.82) is 0 Å². The molecule has 14 heavy (non-hydrogen) atoms. The van der Waals surface area contributed by atoms with Gasteiger partial charge in [-0.3, -0.25) is 0 Å².